The van der Waals surface area contributed by atoms with Crippen LogP contribution in [0, 0.1) is 5.92 Å². The predicted octanol–water partition coefficient (Wildman–Crippen LogP) is 0.679. The molecule has 3 heterocycles. The third kappa shape index (κ3) is 2.58. The summed E-state index contributed by atoms with van der Waals surface area (Å²) in [6.07, 6.45) is 2.45. The Morgan fingerprint density at radius 2 is 2.37 bits per heavy atom. The molecule has 0 spiro atoms. The number of anilines is 3. The lowest BCUT2D eigenvalue weighted by Gasteiger charge is -2.35. The average molecular weight is 262 g/mol. The number of rotatable bonds is 3. The van der Waals surface area contributed by atoms with E-state index in [2.05, 4.69) is 25.5 Å². The smallest absolute Gasteiger partial charge is 0.223 e. The number of nitrogens with two attached hydrogens (primary N) is 1. The first kappa shape index (κ1) is 12.5. The highest BCUT2D eigenvalue weighted by atomic mass is 15.2. The second kappa shape index (κ2) is 5.21. The van der Waals surface area contributed by atoms with E-state index in [1.807, 2.05) is 13.0 Å². The summed E-state index contributed by atoms with van der Waals surface area (Å²) in [5, 5.41) is 6.78. The van der Waals surface area contributed by atoms with Crippen LogP contribution in [-0.4, -0.2) is 42.2 Å². The van der Waals surface area contributed by atoms with Crippen molar-refractivity contribution in [2.45, 2.75) is 25.8 Å². The van der Waals surface area contributed by atoms with Crippen LogP contribution in [0.1, 0.15) is 19.8 Å². The van der Waals surface area contributed by atoms with Crippen LogP contribution in [0.2, 0.25) is 0 Å². The summed E-state index contributed by atoms with van der Waals surface area (Å²) in [5.74, 6) is 2.86. The zero-order valence-corrected chi connectivity index (χ0v) is 11.4. The molecule has 0 aromatic carbocycles. The molecule has 0 amide bonds. The van der Waals surface area contributed by atoms with Gasteiger partial charge in [-0.05, 0) is 32.2 Å². The van der Waals surface area contributed by atoms with Gasteiger partial charge in [-0.2, -0.15) is 9.97 Å². The van der Waals surface area contributed by atoms with Crippen LogP contribution in [0.4, 0.5) is 17.6 Å². The number of piperidine rings is 1. The molecule has 0 bridgehead atoms. The Bertz CT molecular complexity index is 449. The number of aromatic nitrogens is 2. The first-order valence-electron chi connectivity index (χ1n) is 7.13. The van der Waals surface area contributed by atoms with E-state index >= 15 is 0 Å². The van der Waals surface area contributed by atoms with Crippen LogP contribution in [-0.2, 0) is 0 Å². The molecule has 2 atom stereocenters. The van der Waals surface area contributed by atoms with Gasteiger partial charge in [0.1, 0.15) is 11.6 Å². The van der Waals surface area contributed by atoms with E-state index in [0.717, 1.165) is 43.7 Å². The van der Waals surface area contributed by atoms with Gasteiger partial charge in [0, 0.05) is 31.7 Å². The van der Waals surface area contributed by atoms with Crippen molar-refractivity contribution in [3.8, 4) is 0 Å². The minimum absolute atomic E-state index is 0.347. The molecule has 104 valence electrons. The summed E-state index contributed by atoms with van der Waals surface area (Å²) >= 11 is 0. The maximum atomic E-state index is 5.80. The molecule has 2 fully saturated rings. The average Bonchev–Trinajstić information content (AvgIpc) is 2.85. The fourth-order valence-corrected chi connectivity index (χ4v) is 3.14. The summed E-state index contributed by atoms with van der Waals surface area (Å²) in [4.78, 5) is 10.9. The number of fused-ring (bicyclic) bond motifs is 1. The lowest BCUT2D eigenvalue weighted by atomic mass is 9.93. The van der Waals surface area contributed by atoms with Gasteiger partial charge in [-0.3, -0.25) is 0 Å². The fourth-order valence-electron chi connectivity index (χ4n) is 3.14. The molecule has 3 rings (SSSR count). The van der Waals surface area contributed by atoms with Gasteiger partial charge in [0.05, 0.1) is 0 Å². The van der Waals surface area contributed by atoms with Crippen molar-refractivity contribution in [1.29, 1.82) is 0 Å². The Labute approximate surface area is 113 Å². The molecule has 6 nitrogen and oxygen atoms in total. The molecule has 1 aromatic heterocycles. The second-order valence-corrected chi connectivity index (χ2v) is 5.34. The normalized spacial score (nSPS) is 26.3. The molecule has 2 saturated heterocycles. The number of hydrogen-bond acceptors (Lipinski definition) is 6. The highest BCUT2D eigenvalue weighted by Gasteiger charge is 2.33. The zero-order chi connectivity index (χ0) is 13.2. The highest BCUT2D eigenvalue weighted by Crippen LogP contribution is 2.28. The maximum Gasteiger partial charge on any atom is 0.223 e. The number of nitrogens with one attached hydrogen (secondary N) is 2. The van der Waals surface area contributed by atoms with Gasteiger partial charge in [0.25, 0.3) is 0 Å². The topological polar surface area (TPSA) is 79.1 Å². The summed E-state index contributed by atoms with van der Waals surface area (Å²) in [6, 6.07) is 2.70. The van der Waals surface area contributed by atoms with Crippen LogP contribution in [0.15, 0.2) is 6.07 Å². The van der Waals surface area contributed by atoms with Gasteiger partial charge in [-0.1, -0.05) is 0 Å². The molecule has 6 heteroatoms. The van der Waals surface area contributed by atoms with Crippen molar-refractivity contribution in [1.82, 2.24) is 15.3 Å². The van der Waals surface area contributed by atoms with Crippen molar-refractivity contribution in [3.63, 3.8) is 0 Å². The van der Waals surface area contributed by atoms with Crippen LogP contribution in [0.5, 0.6) is 0 Å². The van der Waals surface area contributed by atoms with Gasteiger partial charge in [0.15, 0.2) is 0 Å². The largest absolute Gasteiger partial charge is 0.370 e. The maximum absolute atomic E-state index is 5.80. The summed E-state index contributed by atoms with van der Waals surface area (Å²) in [5.41, 5.74) is 5.80. The van der Waals surface area contributed by atoms with Crippen molar-refractivity contribution < 1.29 is 0 Å². The van der Waals surface area contributed by atoms with Crippen LogP contribution in [0.25, 0.3) is 0 Å². The third-order valence-corrected chi connectivity index (χ3v) is 4.07. The highest BCUT2D eigenvalue weighted by molar-refractivity contribution is 5.53. The zero-order valence-electron chi connectivity index (χ0n) is 11.4. The van der Waals surface area contributed by atoms with Gasteiger partial charge in [-0.15, -0.1) is 0 Å². The fraction of sp³-hybridized carbons (Fsp3) is 0.692. The lowest BCUT2D eigenvalue weighted by Crippen LogP contribution is -2.44. The molecule has 19 heavy (non-hydrogen) atoms. The molecule has 0 radical (unpaired) electrons. The van der Waals surface area contributed by atoms with Gasteiger partial charge in [-0.25, -0.2) is 0 Å². The summed E-state index contributed by atoms with van der Waals surface area (Å²) < 4.78 is 0. The molecule has 0 unspecified atom stereocenters. The molecule has 1 aromatic rings. The minimum atomic E-state index is 0.347. The standard InChI is InChI=1S/C13H22N6/c1-2-15-11-7-12(18-13(14)17-11)19-6-4-10-9(8-19)3-5-16-10/h7,9-10,16H,2-6,8H2,1H3,(H3,14,15,17,18)/t9-,10+/m1/s1. The predicted molar refractivity (Wildman–Crippen MR) is 77.3 cm³/mol. The van der Waals surface area contributed by atoms with E-state index in [1.54, 1.807) is 0 Å². The van der Waals surface area contributed by atoms with Crippen LogP contribution in [0.3, 0.4) is 0 Å². The molecule has 2 aliphatic heterocycles. The Hall–Kier alpha value is -1.56. The van der Waals surface area contributed by atoms with E-state index in [9.17, 15) is 0 Å². The molecule has 0 aliphatic carbocycles. The van der Waals surface area contributed by atoms with Gasteiger partial charge < -0.3 is 21.3 Å². The first-order valence-corrected chi connectivity index (χ1v) is 7.13. The summed E-state index contributed by atoms with van der Waals surface area (Å²) in [6.45, 7) is 6.14. The SMILES string of the molecule is CCNc1cc(N2CC[C@@H]3NCC[C@@H]3C2)nc(N)n1. The Morgan fingerprint density at radius 3 is 3.21 bits per heavy atom. The van der Waals surface area contributed by atoms with Crippen molar-refractivity contribution in [3.05, 3.63) is 6.07 Å². The number of nitrogen functional groups attached to an aromatic ring is 1. The first-order chi connectivity index (χ1) is 9.26. The monoisotopic (exact) mass is 262 g/mol. The molecule has 0 saturated carbocycles. The third-order valence-electron chi connectivity index (χ3n) is 4.07. The Kier molecular flexibility index (Phi) is 3.42. The van der Waals surface area contributed by atoms with Crippen molar-refractivity contribution >= 4 is 17.6 Å². The molecule has 2 aliphatic rings. The lowest BCUT2D eigenvalue weighted by molar-refractivity contribution is 0.375. The van der Waals surface area contributed by atoms with E-state index < -0.39 is 0 Å². The van der Waals surface area contributed by atoms with Crippen molar-refractivity contribution in [2.24, 2.45) is 5.92 Å². The van der Waals surface area contributed by atoms with E-state index in [0.29, 0.717) is 12.0 Å². The quantitative estimate of drug-likeness (QED) is 0.743. The number of nitrogens with zero attached hydrogens (tertiary/aromatic N) is 3. The molecular weight excluding hydrogens is 240 g/mol. The molecule has 4 N–H and O–H groups in total. The number of hydrogen-bond donors (Lipinski definition) is 3. The van der Waals surface area contributed by atoms with E-state index in [-0.39, 0.29) is 0 Å². The van der Waals surface area contributed by atoms with Crippen LogP contribution < -0.4 is 21.3 Å². The Balaban J connectivity index is 1.77. The minimum Gasteiger partial charge on any atom is -0.370 e. The van der Waals surface area contributed by atoms with Crippen molar-refractivity contribution in [2.75, 3.05) is 42.1 Å². The van der Waals surface area contributed by atoms with Gasteiger partial charge >= 0.3 is 0 Å². The summed E-state index contributed by atoms with van der Waals surface area (Å²) in [7, 11) is 0. The van der Waals surface area contributed by atoms with Crippen LogP contribution >= 0.6 is 0 Å². The second-order valence-electron chi connectivity index (χ2n) is 5.34. The molecular formula is C13H22N6. The van der Waals surface area contributed by atoms with Gasteiger partial charge in [0.2, 0.25) is 5.95 Å². The van der Waals surface area contributed by atoms with E-state index in [1.165, 1.54) is 12.8 Å². The Morgan fingerprint density at radius 1 is 1.47 bits per heavy atom. The van der Waals surface area contributed by atoms with E-state index in [4.69, 9.17) is 5.73 Å².